The first-order chi connectivity index (χ1) is 7.86. The number of allylic oxidation sites excluding steroid dienone is 2. The molecule has 0 bridgehead atoms. The van der Waals surface area contributed by atoms with Gasteiger partial charge in [0.05, 0.1) is 0 Å². The first-order valence-electron chi connectivity index (χ1n) is 5.73. The lowest BCUT2D eigenvalue weighted by molar-refractivity contribution is 0.743. The number of rotatable bonds is 1. The third kappa shape index (κ3) is 1.82. The van der Waals surface area contributed by atoms with Gasteiger partial charge in [-0.25, -0.2) is 0 Å². The van der Waals surface area contributed by atoms with Gasteiger partial charge in [0.2, 0.25) is 0 Å². The standard InChI is InChI=1S/C14H13IS/c15-13-11-8-4-5-9-12(11)16-14(13)10-6-2-1-3-7-10/h4-6,8-9H,1-3,7H2. The van der Waals surface area contributed by atoms with Crippen LogP contribution in [0.15, 0.2) is 30.3 Å². The molecule has 1 aromatic heterocycles. The highest BCUT2D eigenvalue weighted by atomic mass is 127. The predicted octanol–water partition coefficient (Wildman–Crippen LogP) is 5.46. The van der Waals surface area contributed by atoms with E-state index in [0.717, 1.165) is 0 Å². The Morgan fingerprint density at radius 1 is 1.12 bits per heavy atom. The van der Waals surface area contributed by atoms with Crippen LogP contribution in [-0.4, -0.2) is 0 Å². The molecule has 0 atom stereocenters. The van der Waals surface area contributed by atoms with Gasteiger partial charge in [0.25, 0.3) is 0 Å². The van der Waals surface area contributed by atoms with Gasteiger partial charge in [-0.1, -0.05) is 24.3 Å². The Bertz CT molecular complexity index is 551. The van der Waals surface area contributed by atoms with Gasteiger partial charge >= 0.3 is 0 Å². The second-order valence-electron chi connectivity index (χ2n) is 4.22. The molecule has 16 heavy (non-hydrogen) atoms. The molecule has 1 aromatic carbocycles. The average Bonchev–Trinajstić information content (AvgIpc) is 2.69. The Morgan fingerprint density at radius 2 is 2.00 bits per heavy atom. The topological polar surface area (TPSA) is 0 Å². The second-order valence-corrected chi connectivity index (χ2v) is 6.35. The molecule has 1 heterocycles. The molecule has 0 fully saturated rings. The van der Waals surface area contributed by atoms with E-state index in [0.29, 0.717) is 0 Å². The van der Waals surface area contributed by atoms with Gasteiger partial charge in [-0.05, 0) is 59.9 Å². The van der Waals surface area contributed by atoms with Crippen LogP contribution in [0.4, 0.5) is 0 Å². The lowest BCUT2D eigenvalue weighted by Crippen LogP contribution is -1.90. The smallest absolute Gasteiger partial charge is 0.0445 e. The largest absolute Gasteiger partial charge is 0.134 e. The van der Waals surface area contributed by atoms with Crippen LogP contribution in [0.3, 0.4) is 0 Å². The highest BCUT2D eigenvalue weighted by Crippen LogP contribution is 2.39. The SMILES string of the molecule is Ic1c(C2=CCCCC2)sc2ccccc12. The summed E-state index contributed by atoms with van der Waals surface area (Å²) in [6.45, 7) is 0. The molecule has 0 unspecified atom stereocenters. The number of hydrogen-bond acceptors (Lipinski definition) is 1. The van der Waals surface area contributed by atoms with Crippen molar-refractivity contribution in [3.63, 3.8) is 0 Å². The molecule has 0 saturated carbocycles. The zero-order valence-corrected chi connectivity index (χ0v) is 12.0. The molecule has 0 nitrogen and oxygen atoms in total. The maximum absolute atomic E-state index is 2.51. The van der Waals surface area contributed by atoms with Crippen molar-refractivity contribution < 1.29 is 0 Å². The summed E-state index contributed by atoms with van der Waals surface area (Å²) in [6, 6.07) is 8.74. The van der Waals surface area contributed by atoms with E-state index >= 15 is 0 Å². The van der Waals surface area contributed by atoms with E-state index in [-0.39, 0.29) is 0 Å². The van der Waals surface area contributed by atoms with Crippen molar-refractivity contribution in [2.75, 3.05) is 0 Å². The zero-order valence-electron chi connectivity index (χ0n) is 9.00. The van der Waals surface area contributed by atoms with Crippen LogP contribution < -0.4 is 0 Å². The molecule has 0 amide bonds. The second kappa shape index (κ2) is 4.49. The third-order valence-corrected chi connectivity index (χ3v) is 5.85. The maximum Gasteiger partial charge on any atom is 0.0445 e. The number of hydrogen-bond donors (Lipinski definition) is 0. The molecule has 1 aliphatic rings. The monoisotopic (exact) mass is 340 g/mol. The average molecular weight is 340 g/mol. The number of fused-ring (bicyclic) bond motifs is 1. The summed E-state index contributed by atoms with van der Waals surface area (Å²) in [7, 11) is 0. The Kier molecular flexibility index (Phi) is 3.03. The quantitative estimate of drug-likeness (QED) is 0.605. The highest BCUT2D eigenvalue weighted by molar-refractivity contribution is 14.1. The Morgan fingerprint density at radius 3 is 2.75 bits per heavy atom. The molecule has 0 saturated heterocycles. The lowest BCUT2D eigenvalue weighted by Gasteiger charge is -2.11. The summed E-state index contributed by atoms with van der Waals surface area (Å²) in [5.74, 6) is 0. The fourth-order valence-electron chi connectivity index (χ4n) is 2.26. The van der Waals surface area contributed by atoms with Crippen molar-refractivity contribution >= 4 is 49.6 Å². The summed E-state index contributed by atoms with van der Waals surface area (Å²) < 4.78 is 2.87. The molecule has 82 valence electrons. The van der Waals surface area contributed by atoms with E-state index in [1.54, 1.807) is 5.57 Å². The van der Waals surface area contributed by atoms with E-state index < -0.39 is 0 Å². The van der Waals surface area contributed by atoms with E-state index in [1.807, 2.05) is 11.3 Å². The number of benzene rings is 1. The van der Waals surface area contributed by atoms with Gasteiger partial charge in [-0.15, -0.1) is 11.3 Å². The minimum Gasteiger partial charge on any atom is -0.134 e. The van der Waals surface area contributed by atoms with Crippen LogP contribution in [-0.2, 0) is 0 Å². The van der Waals surface area contributed by atoms with Crippen LogP contribution in [0.25, 0.3) is 15.7 Å². The number of thiophene rings is 1. The van der Waals surface area contributed by atoms with Crippen molar-refractivity contribution in [1.29, 1.82) is 0 Å². The molecular weight excluding hydrogens is 327 g/mol. The minimum absolute atomic E-state index is 1.26. The van der Waals surface area contributed by atoms with Gasteiger partial charge in [0.1, 0.15) is 0 Å². The van der Waals surface area contributed by atoms with Crippen molar-refractivity contribution in [1.82, 2.24) is 0 Å². The molecular formula is C14H13IS. The fraction of sp³-hybridized carbons (Fsp3) is 0.286. The van der Waals surface area contributed by atoms with Gasteiger partial charge in [-0.2, -0.15) is 0 Å². The first kappa shape index (κ1) is 10.8. The van der Waals surface area contributed by atoms with Crippen molar-refractivity contribution in [2.45, 2.75) is 25.7 Å². The summed E-state index contributed by atoms with van der Waals surface area (Å²) in [5.41, 5.74) is 1.58. The van der Waals surface area contributed by atoms with Gasteiger partial charge in [0, 0.05) is 18.5 Å². The van der Waals surface area contributed by atoms with Crippen molar-refractivity contribution in [3.8, 4) is 0 Å². The molecule has 0 aliphatic heterocycles. The molecule has 2 heteroatoms. The third-order valence-electron chi connectivity index (χ3n) is 3.12. The minimum atomic E-state index is 1.26. The Hall–Kier alpha value is -0.350. The molecule has 3 rings (SSSR count). The van der Waals surface area contributed by atoms with Crippen LogP contribution in [0.5, 0.6) is 0 Å². The fourth-order valence-corrected chi connectivity index (χ4v) is 4.76. The Balaban J connectivity index is 2.16. The summed E-state index contributed by atoms with van der Waals surface area (Å²) in [6.07, 6.45) is 7.69. The predicted molar refractivity (Wildman–Crippen MR) is 81.0 cm³/mol. The maximum atomic E-state index is 2.51. The number of halogens is 1. The summed E-state index contributed by atoms with van der Waals surface area (Å²) in [4.78, 5) is 1.52. The normalized spacial score (nSPS) is 16.4. The van der Waals surface area contributed by atoms with Crippen molar-refractivity contribution in [2.24, 2.45) is 0 Å². The van der Waals surface area contributed by atoms with Gasteiger partial charge < -0.3 is 0 Å². The first-order valence-corrected chi connectivity index (χ1v) is 7.62. The molecule has 2 aromatic rings. The van der Waals surface area contributed by atoms with Crippen molar-refractivity contribution in [3.05, 3.63) is 38.8 Å². The molecule has 0 N–H and O–H groups in total. The lowest BCUT2D eigenvalue weighted by atomic mass is 9.98. The van der Waals surface area contributed by atoms with Crippen LogP contribution in [0, 0.1) is 3.57 Å². The molecule has 1 aliphatic carbocycles. The van der Waals surface area contributed by atoms with Gasteiger partial charge in [0.15, 0.2) is 0 Å². The molecule has 0 radical (unpaired) electrons. The summed E-state index contributed by atoms with van der Waals surface area (Å²) in [5, 5.41) is 1.43. The van der Waals surface area contributed by atoms with Gasteiger partial charge in [-0.3, -0.25) is 0 Å². The van der Waals surface area contributed by atoms with Crippen LogP contribution >= 0.6 is 33.9 Å². The zero-order chi connectivity index (χ0) is 11.0. The Labute approximate surface area is 114 Å². The highest BCUT2D eigenvalue weighted by Gasteiger charge is 2.14. The van der Waals surface area contributed by atoms with Crippen LogP contribution in [0.2, 0.25) is 0 Å². The van der Waals surface area contributed by atoms with E-state index in [2.05, 4.69) is 52.9 Å². The van der Waals surface area contributed by atoms with E-state index in [9.17, 15) is 0 Å². The van der Waals surface area contributed by atoms with Crippen LogP contribution in [0.1, 0.15) is 30.6 Å². The molecule has 0 spiro atoms. The van der Waals surface area contributed by atoms with E-state index in [1.165, 1.54) is 44.2 Å². The summed E-state index contributed by atoms with van der Waals surface area (Å²) >= 11 is 4.46. The van der Waals surface area contributed by atoms with E-state index in [4.69, 9.17) is 0 Å².